The number of aromatic nitrogens is 1. The van der Waals surface area contributed by atoms with E-state index in [1.165, 1.54) is 10.5 Å². The Morgan fingerprint density at radius 2 is 1.56 bits per heavy atom. The second-order valence-corrected chi connectivity index (χ2v) is 9.97. The van der Waals surface area contributed by atoms with E-state index < -0.39 is 18.3 Å². The highest BCUT2D eigenvalue weighted by Gasteiger charge is 2.41. The summed E-state index contributed by atoms with van der Waals surface area (Å²) < 4.78 is 14.6. The van der Waals surface area contributed by atoms with Crippen molar-refractivity contribution < 1.29 is 14.0 Å². The molecule has 0 radical (unpaired) electrons. The third-order valence-electron chi connectivity index (χ3n) is 6.90. The van der Waals surface area contributed by atoms with Crippen molar-refractivity contribution in [1.29, 1.82) is 0 Å². The van der Waals surface area contributed by atoms with Gasteiger partial charge in [-0.1, -0.05) is 75.4 Å². The van der Waals surface area contributed by atoms with Gasteiger partial charge in [0.25, 0.3) is 0 Å². The number of hydrogen-bond acceptors (Lipinski definition) is 3. The number of alkyl halides is 1. The highest BCUT2D eigenvalue weighted by atomic mass is 19.1. The Balaban J connectivity index is 1.54. The minimum Gasteiger partial charge on any atom is -0.343 e. The Kier molecular flexibility index (Phi) is 8.14. The second-order valence-electron chi connectivity index (χ2n) is 9.97. The number of benzene rings is 2. The summed E-state index contributed by atoms with van der Waals surface area (Å²) in [7, 11) is 0. The summed E-state index contributed by atoms with van der Waals surface area (Å²) in [5.74, 6) is -0.509. The minimum atomic E-state index is -1.22. The van der Waals surface area contributed by atoms with Gasteiger partial charge in [0.1, 0.15) is 12.2 Å². The molecular weight excluding hydrogens is 453 g/mol. The number of hydrogen-bond donors (Lipinski definition) is 1. The number of carbonyl (C=O) groups is 2. The zero-order valence-corrected chi connectivity index (χ0v) is 21.1. The fourth-order valence-electron chi connectivity index (χ4n) is 4.84. The predicted molar refractivity (Wildman–Crippen MR) is 139 cm³/mol. The number of amides is 2. The molecule has 0 aliphatic carbocycles. The van der Waals surface area contributed by atoms with Gasteiger partial charge in [0.05, 0.1) is 12.6 Å². The summed E-state index contributed by atoms with van der Waals surface area (Å²) in [5.41, 5.74) is 4.07. The smallest absolute Gasteiger partial charge is 0.243 e. The van der Waals surface area contributed by atoms with Gasteiger partial charge in [0.15, 0.2) is 0 Å². The molecule has 2 heterocycles. The van der Waals surface area contributed by atoms with Gasteiger partial charge < -0.3 is 10.2 Å². The van der Waals surface area contributed by atoms with E-state index >= 15 is 0 Å². The van der Waals surface area contributed by atoms with E-state index in [-0.39, 0.29) is 30.7 Å². The van der Waals surface area contributed by atoms with Crippen molar-refractivity contribution in [2.24, 2.45) is 5.92 Å². The van der Waals surface area contributed by atoms with E-state index in [0.717, 1.165) is 16.7 Å². The van der Waals surface area contributed by atoms with Crippen LogP contribution < -0.4 is 5.32 Å². The maximum Gasteiger partial charge on any atom is 0.243 e. The Hall–Kier alpha value is -3.54. The number of likely N-dealkylation sites (tertiary alicyclic amines) is 1. The molecule has 4 rings (SSSR count). The van der Waals surface area contributed by atoms with E-state index in [2.05, 4.69) is 36.3 Å². The lowest BCUT2D eigenvalue weighted by molar-refractivity contribution is -0.141. The van der Waals surface area contributed by atoms with Crippen LogP contribution in [0.25, 0.3) is 0 Å². The molecule has 4 atom stereocenters. The van der Waals surface area contributed by atoms with Crippen molar-refractivity contribution >= 4 is 11.8 Å². The maximum atomic E-state index is 14.6. The number of nitrogens with one attached hydrogen (secondary N) is 1. The van der Waals surface area contributed by atoms with Crippen LogP contribution in [0.2, 0.25) is 0 Å². The fraction of sp³-hybridized carbons (Fsp3) is 0.367. The number of rotatable bonds is 8. The van der Waals surface area contributed by atoms with Crippen molar-refractivity contribution in [1.82, 2.24) is 15.2 Å². The first-order valence-electron chi connectivity index (χ1n) is 12.6. The molecule has 188 valence electrons. The van der Waals surface area contributed by atoms with E-state index in [1.54, 1.807) is 12.4 Å². The van der Waals surface area contributed by atoms with Gasteiger partial charge >= 0.3 is 0 Å². The summed E-state index contributed by atoms with van der Waals surface area (Å²) in [5, 5.41) is 3.13. The highest BCUT2D eigenvalue weighted by molar-refractivity contribution is 5.89. The van der Waals surface area contributed by atoms with Crippen LogP contribution >= 0.6 is 0 Å². The van der Waals surface area contributed by atoms with E-state index in [0.29, 0.717) is 12.3 Å². The van der Waals surface area contributed by atoms with Gasteiger partial charge in [-0.25, -0.2) is 4.39 Å². The molecule has 1 aliphatic rings. The molecule has 1 fully saturated rings. The largest absolute Gasteiger partial charge is 0.343 e. The average Bonchev–Trinajstić information content (AvgIpc) is 3.29. The molecule has 0 bridgehead atoms. The average molecular weight is 488 g/mol. The Morgan fingerprint density at radius 3 is 2.19 bits per heavy atom. The SMILES string of the molecule is CC(Cc1ccncc1)C(=O)N1C[C@H](F)C[C@H]1C(=O)N[C@@H](c1ccccc1)c1ccc(C(C)C)cc1. The minimum absolute atomic E-state index is 0.00729. The quantitative estimate of drug-likeness (QED) is 0.473. The topological polar surface area (TPSA) is 62.3 Å². The van der Waals surface area contributed by atoms with Crippen molar-refractivity contribution in [2.75, 3.05) is 6.54 Å². The van der Waals surface area contributed by atoms with Crippen LogP contribution in [0.1, 0.15) is 61.4 Å². The van der Waals surface area contributed by atoms with Crippen molar-refractivity contribution in [2.45, 2.75) is 57.8 Å². The van der Waals surface area contributed by atoms with E-state index in [9.17, 15) is 14.0 Å². The third kappa shape index (κ3) is 5.99. The summed E-state index contributed by atoms with van der Waals surface area (Å²) in [4.78, 5) is 32.3. The molecule has 1 aliphatic heterocycles. The van der Waals surface area contributed by atoms with Crippen molar-refractivity contribution in [3.8, 4) is 0 Å². The summed E-state index contributed by atoms with van der Waals surface area (Å²) in [6.45, 7) is 6.05. The number of pyridine rings is 1. The number of halogens is 1. The molecule has 2 aromatic carbocycles. The van der Waals surface area contributed by atoms with Crippen molar-refractivity contribution in [3.63, 3.8) is 0 Å². The molecule has 0 saturated carbocycles. The molecule has 3 aromatic rings. The highest BCUT2D eigenvalue weighted by Crippen LogP contribution is 2.28. The van der Waals surface area contributed by atoms with E-state index in [4.69, 9.17) is 0 Å². The van der Waals surface area contributed by atoms with Crippen LogP contribution in [0.5, 0.6) is 0 Å². The van der Waals surface area contributed by atoms with Gasteiger partial charge in [0, 0.05) is 24.7 Å². The maximum absolute atomic E-state index is 14.6. The zero-order valence-electron chi connectivity index (χ0n) is 21.1. The zero-order chi connectivity index (χ0) is 25.7. The Bertz CT molecular complexity index is 1150. The van der Waals surface area contributed by atoms with Gasteiger partial charge in [-0.3, -0.25) is 14.6 Å². The standard InChI is InChI=1S/C30H34FN3O2/c1-20(2)23-9-11-25(12-10-23)28(24-7-5-4-6-8-24)33-29(35)27-18-26(31)19-34(27)30(36)21(3)17-22-13-15-32-16-14-22/h4-16,20-21,26-28H,17-19H2,1-3H3,(H,33,35)/t21?,26-,27+,28+/m1/s1. The molecule has 6 heteroatoms. The van der Waals surface area contributed by atoms with Crippen LogP contribution in [-0.2, 0) is 16.0 Å². The Morgan fingerprint density at radius 1 is 0.944 bits per heavy atom. The van der Waals surface area contributed by atoms with Gasteiger partial charge in [-0.2, -0.15) is 0 Å². The van der Waals surface area contributed by atoms with E-state index in [1.807, 2.05) is 61.5 Å². The third-order valence-corrected chi connectivity index (χ3v) is 6.90. The summed E-state index contributed by atoms with van der Waals surface area (Å²) in [6.07, 6.45) is 2.67. The molecule has 1 saturated heterocycles. The van der Waals surface area contributed by atoms with Crippen LogP contribution in [0.4, 0.5) is 4.39 Å². The molecule has 1 aromatic heterocycles. The fourth-order valence-corrected chi connectivity index (χ4v) is 4.84. The summed E-state index contributed by atoms with van der Waals surface area (Å²) in [6, 6.07) is 20.4. The molecular formula is C30H34FN3O2. The summed E-state index contributed by atoms with van der Waals surface area (Å²) >= 11 is 0. The normalized spacial score (nSPS) is 19.2. The monoisotopic (exact) mass is 487 g/mol. The molecule has 5 nitrogen and oxygen atoms in total. The van der Waals surface area contributed by atoms with Gasteiger partial charge in [0.2, 0.25) is 11.8 Å². The molecule has 1 unspecified atom stereocenters. The predicted octanol–water partition coefficient (Wildman–Crippen LogP) is 5.23. The van der Waals surface area contributed by atoms with Crippen LogP contribution in [0.3, 0.4) is 0 Å². The molecule has 36 heavy (non-hydrogen) atoms. The second kappa shape index (κ2) is 11.5. The van der Waals surface area contributed by atoms with Crippen LogP contribution in [0.15, 0.2) is 79.1 Å². The first-order chi connectivity index (χ1) is 17.3. The Labute approximate surface area is 212 Å². The molecule has 0 spiro atoms. The first kappa shape index (κ1) is 25.5. The van der Waals surface area contributed by atoms with Crippen molar-refractivity contribution in [3.05, 3.63) is 101 Å². The van der Waals surface area contributed by atoms with Gasteiger partial charge in [-0.15, -0.1) is 0 Å². The molecule has 1 N–H and O–H groups in total. The lowest BCUT2D eigenvalue weighted by Gasteiger charge is -2.29. The lowest BCUT2D eigenvalue weighted by atomic mass is 9.95. The number of nitrogens with zero attached hydrogens (tertiary/aromatic N) is 2. The molecule has 2 amide bonds. The van der Waals surface area contributed by atoms with Gasteiger partial charge in [-0.05, 0) is 46.7 Å². The van der Waals surface area contributed by atoms with Crippen LogP contribution in [0, 0.1) is 5.92 Å². The van der Waals surface area contributed by atoms with Crippen LogP contribution in [-0.4, -0.2) is 40.5 Å². The lowest BCUT2D eigenvalue weighted by Crippen LogP contribution is -2.48. The number of carbonyl (C=O) groups excluding carboxylic acids is 2. The first-order valence-corrected chi connectivity index (χ1v) is 12.6.